The second-order valence-corrected chi connectivity index (χ2v) is 4.26. The smallest absolute Gasteiger partial charge is 0.404 e. The Bertz CT molecular complexity index is 395. The average Bonchev–Trinajstić information content (AvgIpc) is 2.39. The lowest BCUT2D eigenvalue weighted by atomic mass is 10.0. The van der Waals surface area contributed by atoms with Gasteiger partial charge in [0.05, 0.1) is 12.1 Å². The van der Waals surface area contributed by atoms with Crippen molar-refractivity contribution in [1.29, 1.82) is 0 Å². The van der Waals surface area contributed by atoms with Gasteiger partial charge < -0.3 is 20.8 Å². The van der Waals surface area contributed by atoms with Crippen molar-refractivity contribution in [1.82, 2.24) is 10.6 Å². The van der Waals surface area contributed by atoms with Gasteiger partial charge in [0, 0.05) is 13.1 Å². The monoisotopic (exact) mass is 264 g/mol. The highest BCUT2D eigenvalue weighted by Gasteiger charge is 2.21. The van der Waals surface area contributed by atoms with Crippen molar-refractivity contribution >= 4 is 6.09 Å². The molecule has 0 saturated carbocycles. The van der Waals surface area contributed by atoms with Crippen LogP contribution in [0.4, 0.5) is 4.79 Å². The summed E-state index contributed by atoms with van der Waals surface area (Å²) < 4.78 is 0. The molecule has 5 nitrogen and oxygen atoms in total. The molecule has 104 valence electrons. The van der Waals surface area contributed by atoms with Crippen molar-refractivity contribution in [2.45, 2.75) is 18.6 Å². The lowest BCUT2D eigenvalue weighted by Crippen LogP contribution is -2.48. The lowest BCUT2D eigenvalue weighted by Gasteiger charge is -2.23. The highest BCUT2D eigenvalue weighted by molar-refractivity contribution is 5.65. The maximum Gasteiger partial charge on any atom is 0.404 e. The molecule has 0 bridgehead atoms. The first-order valence-corrected chi connectivity index (χ1v) is 6.16. The molecular weight excluding hydrogens is 244 g/mol. The molecule has 19 heavy (non-hydrogen) atoms. The van der Waals surface area contributed by atoms with Crippen molar-refractivity contribution in [3.8, 4) is 0 Å². The fourth-order valence-electron chi connectivity index (χ4n) is 1.79. The van der Waals surface area contributed by atoms with Gasteiger partial charge in [0.1, 0.15) is 0 Å². The predicted octanol–water partition coefficient (Wildman–Crippen LogP) is 1.00. The van der Waals surface area contributed by atoms with Gasteiger partial charge in [-0.2, -0.15) is 0 Å². The molecule has 5 heteroatoms. The fraction of sp³-hybridized carbons (Fsp3) is 0.357. The Labute approximate surface area is 113 Å². The highest BCUT2D eigenvalue weighted by Crippen LogP contribution is 2.06. The van der Waals surface area contributed by atoms with Crippen LogP contribution in [0.3, 0.4) is 0 Å². The summed E-state index contributed by atoms with van der Waals surface area (Å²) in [5.74, 6) is 0. The fourth-order valence-corrected chi connectivity index (χ4v) is 1.79. The summed E-state index contributed by atoms with van der Waals surface area (Å²) in [6.45, 7) is 4.45. The van der Waals surface area contributed by atoms with Crippen LogP contribution in [0, 0.1) is 0 Å². The Balaban J connectivity index is 2.60. The number of amides is 1. The predicted molar refractivity (Wildman–Crippen MR) is 74.2 cm³/mol. The molecule has 1 aromatic rings. The third-order valence-electron chi connectivity index (χ3n) is 2.71. The van der Waals surface area contributed by atoms with E-state index in [0.717, 1.165) is 5.56 Å². The van der Waals surface area contributed by atoms with Gasteiger partial charge in [-0.05, 0) is 12.0 Å². The van der Waals surface area contributed by atoms with Gasteiger partial charge in [0.2, 0.25) is 0 Å². The lowest BCUT2D eigenvalue weighted by molar-refractivity contribution is 0.119. The molecule has 0 aliphatic rings. The Morgan fingerprint density at radius 3 is 2.63 bits per heavy atom. The zero-order chi connectivity index (χ0) is 14.1. The van der Waals surface area contributed by atoms with Crippen molar-refractivity contribution in [2.75, 3.05) is 13.1 Å². The van der Waals surface area contributed by atoms with Crippen molar-refractivity contribution in [3.63, 3.8) is 0 Å². The first-order valence-electron chi connectivity index (χ1n) is 6.16. The normalized spacial score (nSPS) is 13.5. The zero-order valence-corrected chi connectivity index (χ0v) is 10.7. The molecule has 1 amide bonds. The van der Waals surface area contributed by atoms with Crippen LogP contribution in [-0.2, 0) is 6.42 Å². The molecule has 0 saturated heterocycles. The van der Waals surface area contributed by atoms with Crippen molar-refractivity contribution < 1.29 is 15.0 Å². The molecule has 2 atom stereocenters. The summed E-state index contributed by atoms with van der Waals surface area (Å²) in [5.41, 5.74) is 0.976. The Hall–Kier alpha value is -1.85. The quantitative estimate of drug-likeness (QED) is 0.417. The van der Waals surface area contributed by atoms with Crippen LogP contribution in [0.1, 0.15) is 5.56 Å². The van der Waals surface area contributed by atoms with E-state index in [2.05, 4.69) is 17.2 Å². The molecule has 0 radical (unpaired) electrons. The van der Waals surface area contributed by atoms with Crippen molar-refractivity contribution in [3.05, 3.63) is 48.6 Å². The molecule has 0 aliphatic carbocycles. The largest absolute Gasteiger partial charge is 0.465 e. The van der Waals surface area contributed by atoms with E-state index in [0.29, 0.717) is 19.5 Å². The third-order valence-corrected chi connectivity index (χ3v) is 2.71. The van der Waals surface area contributed by atoms with Crippen LogP contribution in [0.15, 0.2) is 43.0 Å². The van der Waals surface area contributed by atoms with Crippen LogP contribution >= 0.6 is 0 Å². The number of hydrogen-bond donors (Lipinski definition) is 4. The minimum Gasteiger partial charge on any atom is -0.465 e. The highest BCUT2D eigenvalue weighted by atomic mass is 16.4. The Morgan fingerprint density at radius 1 is 1.37 bits per heavy atom. The molecule has 0 aliphatic heterocycles. The summed E-state index contributed by atoms with van der Waals surface area (Å²) in [6, 6.07) is 8.93. The molecule has 0 unspecified atom stereocenters. The summed E-state index contributed by atoms with van der Waals surface area (Å²) in [6.07, 6.45) is 0.202. The van der Waals surface area contributed by atoms with Gasteiger partial charge in [-0.3, -0.25) is 0 Å². The maximum atomic E-state index is 10.8. The number of benzene rings is 1. The van der Waals surface area contributed by atoms with E-state index in [1.54, 1.807) is 6.08 Å². The van der Waals surface area contributed by atoms with Crippen LogP contribution in [-0.4, -0.2) is 41.5 Å². The molecule has 1 rings (SSSR count). The number of carbonyl (C=O) groups is 1. The Morgan fingerprint density at radius 2 is 2.05 bits per heavy atom. The summed E-state index contributed by atoms with van der Waals surface area (Å²) in [5, 5.41) is 24.2. The second kappa shape index (κ2) is 8.29. The molecule has 0 aromatic heterocycles. The minimum absolute atomic E-state index is 0.309. The van der Waals surface area contributed by atoms with E-state index in [4.69, 9.17) is 5.11 Å². The zero-order valence-electron chi connectivity index (χ0n) is 10.7. The van der Waals surface area contributed by atoms with Gasteiger partial charge in [-0.1, -0.05) is 36.4 Å². The third kappa shape index (κ3) is 6.03. The molecular formula is C14H20N2O3. The number of rotatable bonds is 8. The van der Waals surface area contributed by atoms with Crippen LogP contribution < -0.4 is 10.6 Å². The van der Waals surface area contributed by atoms with E-state index in [-0.39, 0.29) is 0 Å². The average molecular weight is 264 g/mol. The van der Waals surface area contributed by atoms with Crippen molar-refractivity contribution in [2.24, 2.45) is 0 Å². The van der Waals surface area contributed by atoms with Gasteiger partial charge in [-0.15, -0.1) is 6.58 Å². The molecule has 4 N–H and O–H groups in total. The first kappa shape index (κ1) is 15.2. The summed E-state index contributed by atoms with van der Waals surface area (Å²) in [4.78, 5) is 10.8. The van der Waals surface area contributed by atoms with Crippen LogP contribution in [0.5, 0.6) is 0 Å². The SMILES string of the molecule is C=CCNC[C@H](O)[C@H](Cc1ccccc1)NC(=O)O. The summed E-state index contributed by atoms with van der Waals surface area (Å²) >= 11 is 0. The van der Waals surface area contributed by atoms with E-state index in [1.807, 2.05) is 30.3 Å². The van der Waals surface area contributed by atoms with Gasteiger partial charge in [-0.25, -0.2) is 4.79 Å². The van der Waals surface area contributed by atoms with Crippen LogP contribution in [0.25, 0.3) is 0 Å². The second-order valence-electron chi connectivity index (χ2n) is 4.26. The van der Waals surface area contributed by atoms with Crippen LogP contribution in [0.2, 0.25) is 0 Å². The Kier molecular flexibility index (Phi) is 6.63. The van der Waals surface area contributed by atoms with E-state index < -0.39 is 18.2 Å². The molecule has 0 spiro atoms. The first-order chi connectivity index (χ1) is 9.13. The van der Waals surface area contributed by atoms with E-state index >= 15 is 0 Å². The standard InChI is InChI=1S/C14H20N2O3/c1-2-8-15-10-13(17)12(16-14(18)19)9-11-6-4-3-5-7-11/h2-7,12-13,15-17H,1,8-10H2,(H,18,19)/t12-,13-/m0/s1. The summed E-state index contributed by atoms with van der Waals surface area (Å²) in [7, 11) is 0. The number of aliphatic hydroxyl groups is 1. The minimum atomic E-state index is -1.14. The number of aliphatic hydroxyl groups excluding tert-OH is 1. The van der Waals surface area contributed by atoms with Gasteiger partial charge in [0.15, 0.2) is 0 Å². The number of hydrogen-bond acceptors (Lipinski definition) is 3. The van der Waals surface area contributed by atoms with Gasteiger partial charge in [0.25, 0.3) is 0 Å². The molecule has 0 fully saturated rings. The number of carboxylic acid groups (broad SMARTS) is 1. The molecule has 0 heterocycles. The van der Waals surface area contributed by atoms with Gasteiger partial charge >= 0.3 is 6.09 Å². The topological polar surface area (TPSA) is 81.6 Å². The molecule has 1 aromatic carbocycles. The van der Waals surface area contributed by atoms with E-state index in [1.165, 1.54) is 0 Å². The van der Waals surface area contributed by atoms with E-state index in [9.17, 15) is 9.90 Å². The number of nitrogens with one attached hydrogen (secondary N) is 2. The maximum absolute atomic E-state index is 10.8.